The fourth-order valence-corrected chi connectivity index (χ4v) is 2.31. The van der Waals surface area contributed by atoms with Crippen molar-refractivity contribution in [3.05, 3.63) is 35.6 Å². The fourth-order valence-electron chi connectivity index (χ4n) is 2.31. The summed E-state index contributed by atoms with van der Waals surface area (Å²) in [7, 11) is 0. The lowest BCUT2D eigenvalue weighted by Gasteiger charge is -2.26. The minimum Gasteiger partial charge on any atom is -0.305 e. The van der Waals surface area contributed by atoms with E-state index in [2.05, 4.69) is 19.2 Å². The van der Waals surface area contributed by atoms with Gasteiger partial charge in [0.25, 0.3) is 0 Å². The van der Waals surface area contributed by atoms with E-state index in [4.69, 9.17) is 0 Å². The highest BCUT2D eigenvalue weighted by Gasteiger charge is 2.35. The monoisotopic (exact) mass is 193 g/mol. The fraction of sp³-hybridized carbons (Fsp3) is 0.500. The van der Waals surface area contributed by atoms with E-state index in [1.165, 1.54) is 6.07 Å². The molecule has 1 N–H and O–H groups in total. The van der Waals surface area contributed by atoms with Crippen LogP contribution in [0.4, 0.5) is 4.39 Å². The molecule has 1 nitrogen and oxygen atoms in total. The maximum Gasteiger partial charge on any atom is 0.128 e. The van der Waals surface area contributed by atoms with Crippen LogP contribution in [0.25, 0.3) is 0 Å². The predicted octanol–water partition coefficient (Wildman–Crippen LogP) is 2.81. The smallest absolute Gasteiger partial charge is 0.128 e. The summed E-state index contributed by atoms with van der Waals surface area (Å²) in [4.78, 5) is 0. The predicted molar refractivity (Wildman–Crippen MR) is 55.6 cm³/mol. The highest BCUT2D eigenvalue weighted by Crippen LogP contribution is 2.34. The van der Waals surface area contributed by atoms with E-state index >= 15 is 0 Å². The number of hydrogen-bond acceptors (Lipinski definition) is 1. The van der Waals surface area contributed by atoms with Gasteiger partial charge in [-0.15, -0.1) is 0 Å². The summed E-state index contributed by atoms with van der Waals surface area (Å²) >= 11 is 0. The van der Waals surface area contributed by atoms with Crippen molar-refractivity contribution in [2.45, 2.75) is 38.3 Å². The second kappa shape index (κ2) is 3.35. The van der Waals surface area contributed by atoms with Crippen LogP contribution in [0.1, 0.15) is 32.3 Å². The maximum atomic E-state index is 13.6. The Morgan fingerprint density at radius 3 is 2.71 bits per heavy atom. The van der Waals surface area contributed by atoms with Gasteiger partial charge in [0.15, 0.2) is 0 Å². The van der Waals surface area contributed by atoms with E-state index < -0.39 is 0 Å². The molecule has 1 aliphatic heterocycles. The molecule has 76 valence electrons. The van der Waals surface area contributed by atoms with E-state index in [0.717, 1.165) is 18.4 Å². The molecule has 2 atom stereocenters. The van der Waals surface area contributed by atoms with Crippen molar-refractivity contribution in [1.82, 2.24) is 5.32 Å². The molecule has 14 heavy (non-hydrogen) atoms. The Morgan fingerprint density at radius 2 is 2.14 bits per heavy atom. The summed E-state index contributed by atoms with van der Waals surface area (Å²) in [6, 6.07) is 7.53. The third-order valence-electron chi connectivity index (χ3n) is 3.11. The molecule has 1 heterocycles. The third kappa shape index (κ3) is 1.55. The van der Waals surface area contributed by atoms with Crippen molar-refractivity contribution in [2.75, 3.05) is 0 Å². The zero-order valence-corrected chi connectivity index (χ0v) is 8.68. The first-order valence-corrected chi connectivity index (χ1v) is 5.14. The normalized spacial score (nSPS) is 32.1. The first-order chi connectivity index (χ1) is 6.62. The molecule has 2 rings (SSSR count). The molecule has 1 aromatic carbocycles. The van der Waals surface area contributed by atoms with Gasteiger partial charge in [0, 0.05) is 17.1 Å². The average Bonchev–Trinajstić information content (AvgIpc) is 2.48. The lowest BCUT2D eigenvalue weighted by atomic mass is 9.90. The van der Waals surface area contributed by atoms with Gasteiger partial charge in [-0.05, 0) is 32.8 Å². The summed E-state index contributed by atoms with van der Waals surface area (Å²) in [5, 5.41) is 3.45. The Balaban J connectivity index is 2.35. The van der Waals surface area contributed by atoms with E-state index in [1.807, 2.05) is 12.1 Å². The molecule has 0 aromatic heterocycles. The van der Waals surface area contributed by atoms with Crippen molar-refractivity contribution in [2.24, 2.45) is 0 Å². The standard InChI is InChI=1S/C12H16FN/c1-9-7-8-12(2,14-9)10-5-3-4-6-11(10)13/h3-6,9,14H,7-8H2,1-2H3. The van der Waals surface area contributed by atoms with Crippen LogP contribution in [0.3, 0.4) is 0 Å². The van der Waals surface area contributed by atoms with Gasteiger partial charge in [0.1, 0.15) is 5.82 Å². The first-order valence-electron chi connectivity index (χ1n) is 5.14. The van der Waals surface area contributed by atoms with E-state index in [1.54, 1.807) is 6.07 Å². The quantitative estimate of drug-likeness (QED) is 0.723. The molecule has 0 amide bonds. The SMILES string of the molecule is CC1CCC(C)(c2ccccc2F)N1. The maximum absolute atomic E-state index is 13.6. The number of benzene rings is 1. The molecule has 0 aliphatic carbocycles. The van der Waals surface area contributed by atoms with Crippen molar-refractivity contribution >= 4 is 0 Å². The molecular weight excluding hydrogens is 177 g/mol. The topological polar surface area (TPSA) is 12.0 Å². The number of rotatable bonds is 1. The van der Waals surface area contributed by atoms with Crippen LogP contribution >= 0.6 is 0 Å². The molecule has 1 aromatic rings. The minimum atomic E-state index is -0.176. The van der Waals surface area contributed by atoms with Gasteiger partial charge in [-0.1, -0.05) is 18.2 Å². The Kier molecular flexibility index (Phi) is 2.31. The largest absolute Gasteiger partial charge is 0.305 e. The highest BCUT2D eigenvalue weighted by molar-refractivity contribution is 5.26. The minimum absolute atomic E-state index is 0.100. The van der Waals surface area contributed by atoms with Crippen LogP contribution in [0.5, 0.6) is 0 Å². The molecule has 0 bridgehead atoms. The molecule has 0 spiro atoms. The van der Waals surface area contributed by atoms with Crippen molar-refractivity contribution in [3.8, 4) is 0 Å². The molecule has 1 saturated heterocycles. The van der Waals surface area contributed by atoms with Crippen molar-refractivity contribution in [1.29, 1.82) is 0 Å². The molecular formula is C12H16FN. The van der Waals surface area contributed by atoms with Crippen LogP contribution in [-0.2, 0) is 5.54 Å². The van der Waals surface area contributed by atoms with E-state index in [9.17, 15) is 4.39 Å². The summed E-state index contributed by atoms with van der Waals surface area (Å²) in [6.45, 7) is 4.22. The molecule has 0 radical (unpaired) electrons. The molecule has 1 aliphatic rings. The number of hydrogen-bond donors (Lipinski definition) is 1. The third-order valence-corrected chi connectivity index (χ3v) is 3.11. The highest BCUT2D eigenvalue weighted by atomic mass is 19.1. The second-order valence-corrected chi connectivity index (χ2v) is 4.40. The van der Waals surface area contributed by atoms with Gasteiger partial charge in [-0.25, -0.2) is 4.39 Å². The first kappa shape index (κ1) is 9.66. The Hall–Kier alpha value is -0.890. The lowest BCUT2D eigenvalue weighted by Crippen LogP contribution is -2.37. The van der Waals surface area contributed by atoms with Crippen LogP contribution < -0.4 is 5.32 Å². The number of nitrogens with one attached hydrogen (secondary N) is 1. The van der Waals surface area contributed by atoms with Gasteiger partial charge < -0.3 is 5.32 Å². The van der Waals surface area contributed by atoms with Crippen molar-refractivity contribution in [3.63, 3.8) is 0 Å². The molecule has 2 heteroatoms. The Bertz CT molecular complexity index is 337. The molecule has 2 unspecified atom stereocenters. The summed E-state index contributed by atoms with van der Waals surface area (Å²) in [5.41, 5.74) is 0.620. The van der Waals surface area contributed by atoms with Crippen molar-refractivity contribution < 1.29 is 4.39 Å². The van der Waals surface area contributed by atoms with E-state index in [-0.39, 0.29) is 11.4 Å². The Labute approximate surface area is 84.3 Å². The lowest BCUT2D eigenvalue weighted by molar-refractivity contribution is 0.393. The van der Waals surface area contributed by atoms with Gasteiger partial charge in [-0.3, -0.25) is 0 Å². The number of halogens is 1. The van der Waals surface area contributed by atoms with Gasteiger partial charge in [-0.2, -0.15) is 0 Å². The molecule has 1 fully saturated rings. The second-order valence-electron chi connectivity index (χ2n) is 4.40. The zero-order valence-electron chi connectivity index (χ0n) is 8.68. The molecule has 0 saturated carbocycles. The van der Waals surface area contributed by atoms with E-state index in [0.29, 0.717) is 6.04 Å². The van der Waals surface area contributed by atoms with Crippen LogP contribution in [-0.4, -0.2) is 6.04 Å². The summed E-state index contributed by atoms with van der Waals surface area (Å²) in [5.74, 6) is -0.100. The summed E-state index contributed by atoms with van der Waals surface area (Å²) in [6.07, 6.45) is 2.12. The van der Waals surface area contributed by atoms with Gasteiger partial charge >= 0.3 is 0 Å². The van der Waals surface area contributed by atoms with Crippen LogP contribution in [0, 0.1) is 5.82 Å². The zero-order chi connectivity index (χ0) is 10.2. The summed E-state index contributed by atoms with van der Waals surface area (Å²) < 4.78 is 13.6. The Morgan fingerprint density at radius 1 is 1.43 bits per heavy atom. The van der Waals surface area contributed by atoms with Crippen LogP contribution in [0.15, 0.2) is 24.3 Å². The van der Waals surface area contributed by atoms with Gasteiger partial charge in [0.2, 0.25) is 0 Å². The van der Waals surface area contributed by atoms with Crippen LogP contribution in [0.2, 0.25) is 0 Å². The average molecular weight is 193 g/mol. The van der Waals surface area contributed by atoms with Gasteiger partial charge in [0.05, 0.1) is 0 Å².